The van der Waals surface area contributed by atoms with Crippen molar-refractivity contribution in [3.8, 4) is 0 Å². The Hall–Kier alpha value is -0.570. The summed E-state index contributed by atoms with van der Waals surface area (Å²) in [6.45, 7) is 5.04. The molecule has 2 N–H and O–H groups in total. The van der Waals surface area contributed by atoms with Crippen molar-refractivity contribution >= 4 is 11.6 Å². The van der Waals surface area contributed by atoms with Crippen LogP contribution in [0.4, 0.5) is 0 Å². The predicted molar refractivity (Wildman–Crippen MR) is 80.5 cm³/mol. The van der Waals surface area contributed by atoms with Gasteiger partial charge in [-0.05, 0) is 69.7 Å². The van der Waals surface area contributed by atoms with Gasteiger partial charge in [-0.1, -0.05) is 23.7 Å². The molecule has 1 aliphatic heterocycles. The number of benzene rings is 1. The van der Waals surface area contributed by atoms with Crippen LogP contribution in [0.25, 0.3) is 0 Å². The maximum absolute atomic E-state index is 6.06. The molecule has 0 amide bonds. The lowest BCUT2D eigenvalue weighted by Gasteiger charge is -2.22. The van der Waals surface area contributed by atoms with Crippen molar-refractivity contribution in [2.24, 2.45) is 11.7 Å². The first-order valence-electron chi connectivity index (χ1n) is 7.11. The van der Waals surface area contributed by atoms with E-state index in [2.05, 4.69) is 19.9 Å². The number of hydrogen-bond donors (Lipinski definition) is 1. The molecule has 0 saturated carbocycles. The minimum Gasteiger partial charge on any atom is -0.372 e. The lowest BCUT2D eigenvalue weighted by Crippen LogP contribution is -2.25. The minimum absolute atomic E-state index is 0.0415. The molecule has 0 spiro atoms. The molecule has 1 fully saturated rings. The van der Waals surface area contributed by atoms with Gasteiger partial charge in [0.25, 0.3) is 0 Å². The first-order chi connectivity index (χ1) is 8.98. The van der Waals surface area contributed by atoms with Gasteiger partial charge in [-0.2, -0.15) is 0 Å². The van der Waals surface area contributed by atoms with E-state index in [1.807, 2.05) is 18.2 Å². The third kappa shape index (κ3) is 4.48. The number of ether oxygens (including phenoxy) is 1. The van der Waals surface area contributed by atoms with Gasteiger partial charge in [0.2, 0.25) is 0 Å². The summed E-state index contributed by atoms with van der Waals surface area (Å²) in [4.78, 5) is 0. The van der Waals surface area contributed by atoms with Crippen molar-refractivity contribution < 1.29 is 4.74 Å². The van der Waals surface area contributed by atoms with Crippen LogP contribution in [-0.2, 0) is 11.2 Å². The Labute approximate surface area is 121 Å². The van der Waals surface area contributed by atoms with Crippen LogP contribution in [0.5, 0.6) is 0 Å². The first kappa shape index (κ1) is 14.8. The third-order valence-electron chi connectivity index (χ3n) is 3.90. The molecular weight excluding hydrogens is 258 g/mol. The van der Waals surface area contributed by atoms with Gasteiger partial charge in [0.15, 0.2) is 0 Å². The summed E-state index contributed by atoms with van der Waals surface area (Å²) in [6, 6.07) is 8.06. The van der Waals surface area contributed by atoms with Crippen LogP contribution < -0.4 is 5.73 Å². The minimum atomic E-state index is 0.0415. The quantitative estimate of drug-likeness (QED) is 0.891. The first-order valence-corrected chi connectivity index (χ1v) is 7.48. The Morgan fingerprint density at radius 1 is 1.47 bits per heavy atom. The van der Waals surface area contributed by atoms with Crippen LogP contribution in [0.3, 0.4) is 0 Å². The van der Waals surface area contributed by atoms with Gasteiger partial charge in [0, 0.05) is 5.02 Å². The molecule has 0 bridgehead atoms. The smallest absolute Gasteiger partial charge is 0.0631 e. The van der Waals surface area contributed by atoms with Gasteiger partial charge >= 0.3 is 0 Å². The Bertz CT molecular complexity index is 419. The van der Waals surface area contributed by atoms with E-state index in [0.717, 1.165) is 30.7 Å². The highest BCUT2D eigenvalue weighted by Crippen LogP contribution is 2.33. The van der Waals surface area contributed by atoms with Crippen molar-refractivity contribution in [1.82, 2.24) is 0 Å². The lowest BCUT2D eigenvalue weighted by molar-refractivity contribution is -0.0240. The predicted octanol–water partition coefficient (Wildman–Crippen LogP) is 3.81. The second-order valence-corrected chi connectivity index (χ2v) is 6.65. The molecule has 3 heteroatoms. The molecule has 0 radical (unpaired) electrons. The van der Waals surface area contributed by atoms with Gasteiger partial charge in [-0.25, -0.2) is 0 Å². The van der Waals surface area contributed by atoms with Crippen LogP contribution in [-0.4, -0.2) is 18.2 Å². The molecule has 1 saturated heterocycles. The molecule has 0 aromatic heterocycles. The summed E-state index contributed by atoms with van der Waals surface area (Å²) >= 11 is 6.02. The van der Waals surface area contributed by atoms with Gasteiger partial charge in [-0.15, -0.1) is 0 Å². The zero-order valence-electron chi connectivity index (χ0n) is 11.9. The number of hydrogen-bond acceptors (Lipinski definition) is 2. The molecule has 2 unspecified atom stereocenters. The second-order valence-electron chi connectivity index (χ2n) is 6.21. The van der Waals surface area contributed by atoms with E-state index in [4.69, 9.17) is 22.1 Å². The fourth-order valence-corrected chi connectivity index (χ4v) is 3.09. The SMILES string of the molecule is CC1(C)CCC(CC(CN)Cc2cccc(Cl)c2)O1. The molecule has 1 heterocycles. The van der Waals surface area contributed by atoms with E-state index in [-0.39, 0.29) is 5.60 Å². The van der Waals surface area contributed by atoms with E-state index in [1.165, 1.54) is 5.56 Å². The van der Waals surface area contributed by atoms with Crippen LogP contribution in [0, 0.1) is 5.92 Å². The Morgan fingerprint density at radius 2 is 2.26 bits per heavy atom. The van der Waals surface area contributed by atoms with Crippen LogP contribution in [0.2, 0.25) is 5.02 Å². The van der Waals surface area contributed by atoms with Gasteiger partial charge in [0.05, 0.1) is 11.7 Å². The summed E-state index contributed by atoms with van der Waals surface area (Å²) in [5.74, 6) is 0.470. The van der Waals surface area contributed by atoms with Crippen molar-refractivity contribution in [3.63, 3.8) is 0 Å². The molecule has 0 aliphatic carbocycles. The standard InChI is InChI=1S/C16H24ClNO/c1-16(2)7-6-15(19-16)10-13(11-18)8-12-4-3-5-14(17)9-12/h3-5,9,13,15H,6-8,10-11,18H2,1-2H3. The van der Waals surface area contributed by atoms with Gasteiger partial charge in [-0.3, -0.25) is 0 Å². The van der Waals surface area contributed by atoms with Crippen LogP contribution in [0.15, 0.2) is 24.3 Å². The number of halogens is 1. The van der Waals surface area contributed by atoms with Crippen molar-refractivity contribution in [2.75, 3.05) is 6.54 Å². The van der Waals surface area contributed by atoms with E-state index in [9.17, 15) is 0 Å². The largest absolute Gasteiger partial charge is 0.372 e. The summed E-state index contributed by atoms with van der Waals surface area (Å²) < 4.78 is 6.06. The molecule has 1 aliphatic rings. The number of nitrogens with two attached hydrogens (primary N) is 1. The van der Waals surface area contributed by atoms with E-state index in [1.54, 1.807) is 0 Å². The molecule has 19 heavy (non-hydrogen) atoms. The third-order valence-corrected chi connectivity index (χ3v) is 4.13. The summed E-state index contributed by atoms with van der Waals surface area (Å²) in [5, 5.41) is 0.798. The highest BCUT2D eigenvalue weighted by atomic mass is 35.5. The monoisotopic (exact) mass is 281 g/mol. The molecule has 1 aromatic carbocycles. The number of rotatable bonds is 5. The fraction of sp³-hybridized carbons (Fsp3) is 0.625. The zero-order chi connectivity index (χ0) is 13.9. The van der Waals surface area contributed by atoms with Crippen molar-refractivity contribution in [3.05, 3.63) is 34.9 Å². The zero-order valence-corrected chi connectivity index (χ0v) is 12.6. The topological polar surface area (TPSA) is 35.2 Å². The van der Waals surface area contributed by atoms with E-state index >= 15 is 0 Å². The van der Waals surface area contributed by atoms with Gasteiger partial charge in [0.1, 0.15) is 0 Å². The summed E-state index contributed by atoms with van der Waals surface area (Å²) in [7, 11) is 0. The Morgan fingerprint density at radius 3 is 2.84 bits per heavy atom. The van der Waals surface area contributed by atoms with Gasteiger partial charge < -0.3 is 10.5 Å². The second kappa shape index (κ2) is 6.25. The maximum atomic E-state index is 6.06. The molecule has 106 valence electrons. The van der Waals surface area contributed by atoms with Crippen molar-refractivity contribution in [2.45, 2.75) is 51.2 Å². The Balaban J connectivity index is 1.90. The maximum Gasteiger partial charge on any atom is 0.0631 e. The molecule has 2 nitrogen and oxygen atoms in total. The van der Waals surface area contributed by atoms with Crippen molar-refractivity contribution in [1.29, 1.82) is 0 Å². The Kier molecular flexibility index (Phi) is 4.88. The van der Waals surface area contributed by atoms with Crippen LogP contribution in [0.1, 0.15) is 38.7 Å². The average molecular weight is 282 g/mol. The molecular formula is C16H24ClNO. The normalized spacial score (nSPS) is 23.5. The van der Waals surface area contributed by atoms with E-state index in [0.29, 0.717) is 18.6 Å². The highest BCUT2D eigenvalue weighted by Gasteiger charge is 2.32. The average Bonchev–Trinajstić information content (AvgIpc) is 2.68. The highest BCUT2D eigenvalue weighted by molar-refractivity contribution is 6.30. The lowest BCUT2D eigenvalue weighted by atomic mass is 9.92. The molecule has 1 aromatic rings. The molecule has 2 rings (SSSR count). The van der Waals surface area contributed by atoms with E-state index < -0.39 is 0 Å². The summed E-state index contributed by atoms with van der Waals surface area (Å²) in [5.41, 5.74) is 7.22. The molecule has 2 atom stereocenters. The van der Waals surface area contributed by atoms with Crippen LogP contribution >= 0.6 is 11.6 Å². The summed E-state index contributed by atoms with van der Waals surface area (Å²) in [6.07, 6.45) is 4.69. The fourth-order valence-electron chi connectivity index (χ4n) is 2.88.